The molecule has 0 N–H and O–H groups in total. The van der Waals surface area contributed by atoms with Crippen LogP contribution in [0.15, 0.2) is 54.7 Å². The fourth-order valence-corrected chi connectivity index (χ4v) is 7.29. The van der Waals surface area contributed by atoms with Gasteiger partial charge in [-0.05, 0) is 89.2 Å². The molecule has 0 fully saturated rings. The van der Waals surface area contributed by atoms with Crippen molar-refractivity contribution in [3.05, 3.63) is 71.5 Å². The van der Waals surface area contributed by atoms with E-state index in [9.17, 15) is 9.36 Å². The summed E-state index contributed by atoms with van der Waals surface area (Å²) in [5, 5.41) is -0.580. The zero-order chi connectivity index (χ0) is 23.5. The molecule has 1 atom stereocenters. The summed E-state index contributed by atoms with van der Waals surface area (Å²) < 4.78 is 33.4. The summed E-state index contributed by atoms with van der Waals surface area (Å²) in [6.45, 7) is 11.1. The minimum atomic E-state index is -3.79. The van der Waals surface area contributed by atoms with Crippen LogP contribution >= 0.6 is 19.4 Å². The molecule has 0 saturated carbocycles. The molecule has 0 amide bonds. The molecule has 0 aliphatic rings. The zero-order valence-electron chi connectivity index (χ0n) is 19.3. The van der Waals surface area contributed by atoms with E-state index in [2.05, 4.69) is 0 Å². The Labute approximate surface area is 193 Å². The monoisotopic (exact) mass is 475 g/mol. The van der Waals surface area contributed by atoms with Crippen molar-refractivity contribution < 1.29 is 23.1 Å². The zero-order valence-corrected chi connectivity index (χ0v) is 21.0. The number of ether oxygens (including phenoxy) is 1. The molecule has 0 saturated heterocycles. The first-order valence-electron chi connectivity index (χ1n) is 10.6. The third-order valence-corrected chi connectivity index (χ3v) is 8.65. The van der Waals surface area contributed by atoms with E-state index in [4.69, 9.17) is 13.8 Å². The summed E-state index contributed by atoms with van der Waals surface area (Å²) in [4.78, 5) is 12.1. The Morgan fingerprint density at radius 1 is 0.969 bits per heavy atom. The maximum Gasteiger partial charge on any atom is 0.374 e. The van der Waals surface area contributed by atoms with Gasteiger partial charge in [0.05, 0.1) is 17.9 Å². The molecule has 0 aliphatic heterocycles. The number of hydrogen-bond donors (Lipinski definition) is 0. The van der Waals surface area contributed by atoms with E-state index >= 15 is 0 Å². The molecule has 0 radical (unpaired) electrons. The summed E-state index contributed by atoms with van der Waals surface area (Å²) in [6.07, 6.45) is 1.16. The van der Waals surface area contributed by atoms with Crippen LogP contribution < -0.4 is 4.74 Å². The quantitative estimate of drug-likeness (QED) is 0.248. The SMILES string of the molecule is Cc1ccc(OC(=O)SC(c2c(C)cc3ccccn23)P(=O)(OC(C)C)OC(C)C)cc1. The van der Waals surface area contributed by atoms with Crippen molar-refractivity contribution in [1.82, 2.24) is 4.40 Å². The standard InChI is InChI=1S/C24H30NO5PS/c1-16(2)29-31(27,30-17(3)4)23(22-19(6)15-20-9-7-8-14-25(20)22)32-24(26)28-21-12-10-18(5)11-13-21/h7-17,23H,1-6H3. The van der Waals surface area contributed by atoms with E-state index in [1.165, 1.54) is 0 Å². The van der Waals surface area contributed by atoms with Gasteiger partial charge in [-0.2, -0.15) is 0 Å². The first kappa shape index (κ1) is 24.6. The maximum atomic E-state index is 14.2. The number of nitrogens with zero attached hydrogens (tertiary/aromatic N) is 1. The van der Waals surface area contributed by atoms with Crippen LogP contribution in [0.2, 0.25) is 0 Å². The van der Waals surface area contributed by atoms with Gasteiger partial charge in [-0.1, -0.05) is 23.8 Å². The Morgan fingerprint density at radius 2 is 1.59 bits per heavy atom. The molecular formula is C24H30NO5PS. The molecule has 1 unspecified atom stereocenters. The van der Waals surface area contributed by atoms with E-state index in [1.807, 2.05) is 60.8 Å². The normalized spacial score (nSPS) is 13.1. The topological polar surface area (TPSA) is 66.2 Å². The van der Waals surface area contributed by atoms with Gasteiger partial charge in [0, 0.05) is 11.7 Å². The van der Waals surface area contributed by atoms with Crippen LogP contribution in [-0.2, 0) is 13.6 Å². The number of thioether (sulfide) groups is 1. The molecule has 172 valence electrons. The lowest BCUT2D eigenvalue weighted by molar-refractivity contribution is 0.140. The third kappa shape index (κ3) is 5.84. The summed E-state index contributed by atoms with van der Waals surface area (Å²) in [7, 11) is -3.79. The van der Waals surface area contributed by atoms with Gasteiger partial charge in [0.2, 0.25) is 0 Å². The van der Waals surface area contributed by atoms with Gasteiger partial charge in [0.25, 0.3) is 0 Å². The number of carbonyl (C=O) groups is 1. The molecule has 3 rings (SSSR count). The van der Waals surface area contributed by atoms with Gasteiger partial charge in [-0.25, -0.2) is 4.79 Å². The predicted molar refractivity (Wildman–Crippen MR) is 130 cm³/mol. The molecule has 8 heteroatoms. The van der Waals surface area contributed by atoms with Crippen molar-refractivity contribution in [1.29, 1.82) is 0 Å². The third-order valence-electron chi connectivity index (χ3n) is 4.59. The summed E-state index contributed by atoms with van der Waals surface area (Å²) >= 11 is 0.826. The highest BCUT2D eigenvalue weighted by molar-refractivity contribution is 8.17. The molecular weight excluding hydrogens is 445 g/mol. The lowest BCUT2D eigenvalue weighted by atomic mass is 10.2. The first-order chi connectivity index (χ1) is 15.1. The summed E-state index contributed by atoms with van der Waals surface area (Å²) in [6, 6.07) is 15.0. The number of hydrogen-bond acceptors (Lipinski definition) is 6. The second-order valence-electron chi connectivity index (χ2n) is 8.19. The van der Waals surface area contributed by atoms with Gasteiger partial charge >= 0.3 is 12.9 Å². The van der Waals surface area contributed by atoms with Crippen LogP contribution in [0.3, 0.4) is 0 Å². The lowest BCUT2D eigenvalue weighted by Crippen LogP contribution is -2.16. The van der Waals surface area contributed by atoms with Crippen LogP contribution in [0.5, 0.6) is 5.75 Å². The fraction of sp³-hybridized carbons (Fsp3) is 0.375. The van der Waals surface area contributed by atoms with E-state index in [0.717, 1.165) is 28.4 Å². The highest BCUT2D eigenvalue weighted by Gasteiger charge is 2.44. The first-order valence-corrected chi connectivity index (χ1v) is 13.1. The number of rotatable bonds is 8. The second kappa shape index (κ2) is 10.3. The van der Waals surface area contributed by atoms with Crippen molar-refractivity contribution in [2.75, 3.05) is 0 Å². The number of carbonyl (C=O) groups excluding carboxylic acids is 1. The molecule has 2 heterocycles. The van der Waals surface area contributed by atoms with Crippen LogP contribution in [0.1, 0.15) is 49.5 Å². The molecule has 0 spiro atoms. The average Bonchev–Trinajstić information content (AvgIpc) is 3.02. The minimum absolute atomic E-state index is 0.359. The number of pyridine rings is 1. The van der Waals surface area contributed by atoms with Crippen molar-refractivity contribution in [2.24, 2.45) is 0 Å². The Kier molecular flexibility index (Phi) is 7.88. The van der Waals surface area contributed by atoms with E-state index in [0.29, 0.717) is 11.4 Å². The van der Waals surface area contributed by atoms with Gasteiger partial charge in [-0.15, -0.1) is 0 Å². The minimum Gasteiger partial charge on any atom is -0.418 e. The van der Waals surface area contributed by atoms with Crippen LogP contribution in [0, 0.1) is 13.8 Å². The maximum absolute atomic E-state index is 14.2. The predicted octanol–water partition coefficient (Wildman–Crippen LogP) is 7.53. The van der Waals surface area contributed by atoms with Crippen molar-refractivity contribution in [3.63, 3.8) is 0 Å². The molecule has 1 aromatic carbocycles. The highest BCUT2D eigenvalue weighted by atomic mass is 32.2. The summed E-state index contributed by atoms with van der Waals surface area (Å²) in [5.74, 6) is 0.424. The summed E-state index contributed by atoms with van der Waals surface area (Å²) in [5.41, 5.74) is 3.57. The number of aryl methyl sites for hydroxylation is 2. The Bertz CT molecular complexity index is 1110. The number of fused-ring (bicyclic) bond motifs is 1. The Balaban J connectivity index is 2.05. The van der Waals surface area contributed by atoms with E-state index in [1.54, 1.807) is 39.8 Å². The van der Waals surface area contributed by atoms with Crippen molar-refractivity contribution in [3.8, 4) is 5.75 Å². The lowest BCUT2D eigenvalue weighted by Gasteiger charge is -2.29. The van der Waals surface area contributed by atoms with Gasteiger partial charge in [0.1, 0.15) is 5.75 Å². The van der Waals surface area contributed by atoms with Gasteiger partial charge in [-0.3, -0.25) is 4.57 Å². The molecule has 0 bridgehead atoms. The van der Waals surface area contributed by atoms with Crippen LogP contribution in [0.25, 0.3) is 5.52 Å². The fourth-order valence-electron chi connectivity index (χ4n) is 3.40. The van der Waals surface area contributed by atoms with Gasteiger partial charge in [0.15, 0.2) is 4.99 Å². The van der Waals surface area contributed by atoms with E-state index in [-0.39, 0.29) is 12.2 Å². The van der Waals surface area contributed by atoms with E-state index < -0.39 is 17.9 Å². The number of benzene rings is 1. The molecule has 0 aliphatic carbocycles. The second-order valence-corrected chi connectivity index (χ2v) is 11.6. The Morgan fingerprint density at radius 3 is 2.19 bits per heavy atom. The molecule has 2 aromatic heterocycles. The highest BCUT2D eigenvalue weighted by Crippen LogP contribution is 2.67. The van der Waals surface area contributed by atoms with Crippen molar-refractivity contribution >= 4 is 30.2 Å². The molecule has 32 heavy (non-hydrogen) atoms. The molecule has 3 aromatic rings. The number of aromatic nitrogens is 1. The Hall–Kier alpha value is -2.05. The van der Waals surface area contributed by atoms with Crippen molar-refractivity contribution in [2.45, 2.75) is 58.7 Å². The van der Waals surface area contributed by atoms with Crippen LogP contribution in [0.4, 0.5) is 4.79 Å². The van der Waals surface area contributed by atoms with Gasteiger partial charge < -0.3 is 18.2 Å². The van der Waals surface area contributed by atoms with Crippen LogP contribution in [-0.4, -0.2) is 21.9 Å². The largest absolute Gasteiger partial charge is 0.418 e. The average molecular weight is 476 g/mol. The molecule has 6 nitrogen and oxygen atoms in total. The smallest absolute Gasteiger partial charge is 0.374 e.